The summed E-state index contributed by atoms with van der Waals surface area (Å²) in [4.78, 5) is 1.49. The van der Waals surface area contributed by atoms with E-state index in [4.69, 9.17) is 0 Å². The minimum atomic E-state index is -2.81. The molecule has 3 aliphatic rings. The summed E-state index contributed by atoms with van der Waals surface area (Å²) in [6, 6.07) is 0. The maximum Gasteiger partial charge on any atom is 0.282 e. The van der Waals surface area contributed by atoms with Gasteiger partial charge < -0.3 is 30.6 Å². The van der Waals surface area contributed by atoms with Gasteiger partial charge in [0.2, 0.25) is 5.91 Å². The molecule has 2 heterocycles. The molecule has 0 spiro atoms. The van der Waals surface area contributed by atoms with Gasteiger partial charge in [-0.25, -0.2) is 0 Å². The quantitative estimate of drug-likeness (QED) is 0.325. The van der Waals surface area contributed by atoms with E-state index < -0.39 is 36.6 Å². The minimum absolute atomic E-state index is 0.421. The Labute approximate surface area is 122 Å². The van der Waals surface area contributed by atoms with Crippen molar-refractivity contribution in [2.75, 3.05) is 13.1 Å². The maximum atomic E-state index is 10.4. The van der Waals surface area contributed by atoms with Crippen LogP contribution in [0.4, 0.5) is 0 Å². The molecule has 6 N–H and O–H groups in total. The number of ether oxygens (including phenoxy) is 1. The predicted molar refractivity (Wildman–Crippen MR) is 67.7 cm³/mol. The van der Waals surface area contributed by atoms with Gasteiger partial charge in [-0.1, -0.05) is 6.42 Å². The lowest BCUT2D eigenvalue weighted by atomic mass is 9.90. The number of rotatable bonds is 2. The van der Waals surface area contributed by atoms with Crippen molar-refractivity contribution in [3.05, 3.63) is 0 Å². The molecule has 3 rings (SSSR count). The van der Waals surface area contributed by atoms with Crippen LogP contribution >= 0.6 is 0 Å². The zero-order valence-corrected chi connectivity index (χ0v) is 11.7. The van der Waals surface area contributed by atoms with Crippen LogP contribution in [0.25, 0.3) is 0 Å². The molecule has 2 atom stereocenters. The van der Waals surface area contributed by atoms with Crippen LogP contribution in [0, 0.1) is 17.8 Å². The van der Waals surface area contributed by atoms with Crippen molar-refractivity contribution < 1.29 is 35.4 Å². The Morgan fingerprint density at radius 2 is 1.38 bits per heavy atom. The molecular weight excluding hydrogens is 282 g/mol. The van der Waals surface area contributed by atoms with E-state index in [0.717, 1.165) is 19.3 Å². The number of aliphatic hydroxyl groups is 6. The van der Waals surface area contributed by atoms with Crippen LogP contribution in [-0.2, 0) is 4.74 Å². The third-order valence-corrected chi connectivity index (χ3v) is 5.09. The molecule has 0 aromatic rings. The maximum absolute atomic E-state index is 10.4. The highest BCUT2D eigenvalue weighted by molar-refractivity contribution is 4.94. The molecule has 8 heteroatoms. The average molecular weight is 305 g/mol. The van der Waals surface area contributed by atoms with Crippen molar-refractivity contribution in [3.8, 4) is 0 Å². The van der Waals surface area contributed by atoms with Gasteiger partial charge in [0.15, 0.2) is 0 Å². The lowest BCUT2D eigenvalue weighted by Crippen LogP contribution is -2.61. The predicted octanol–water partition coefficient (Wildman–Crippen LogP) is -1.94. The fourth-order valence-electron chi connectivity index (χ4n) is 4.10. The van der Waals surface area contributed by atoms with Crippen molar-refractivity contribution in [2.45, 2.75) is 50.0 Å². The van der Waals surface area contributed by atoms with Gasteiger partial charge in [-0.2, -0.15) is 0 Å². The molecule has 21 heavy (non-hydrogen) atoms. The Bertz CT molecular complexity index is 383. The van der Waals surface area contributed by atoms with E-state index in [1.54, 1.807) is 0 Å². The third-order valence-electron chi connectivity index (χ3n) is 5.09. The van der Waals surface area contributed by atoms with Crippen molar-refractivity contribution in [3.63, 3.8) is 0 Å². The second kappa shape index (κ2) is 4.84. The van der Waals surface area contributed by atoms with Gasteiger partial charge in [-0.05, 0) is 24.7 Å². The molecule has 122 valence electrons. The number of hydrogen-bond acceptors (Lipinski definition) is 8. The first kappa shape index (κ1) is 15.6. The molecule has 1 saturated carbocycles. The molecule has 2 saturated heterocycles. The summed E-state index contributed by atoms with van der Waals surface area (Å²) in [5, 5.41) is 59.0. The van der Waals surface area contributed by atoms with E-state index in [1.165, 1.54) is 4.90 Å². The van der Waals surface area contributed by atoms with Crippen LogP contribution in [0.5, 0.6) is 0 Å². The topological polar surface area (TPSA) is 134 Å². The molecule has 0 bridgehead atoms. The van der Waals surface area contributed by atoms with E-state index in [0.29, 0.717) is 24.9 Å². The van der Waals surface area contributed by atoms with Crippen LogP contribution in [0.1, 0.15) is 32.1 Å². The molecule has 8 nitrogen and oxygen atoms in total. The molecule has 1 aliphatic carbocycles. The summed E-state index contributed by atoms with van der Waals surface area (Å²) >= 11 is 0. The van der Waals surface area contributed by atoms with Crippen molar-refractivity contribution in [1.29, 1.82) is 0 Å². The van der Waals surface area contributed by atoms with Gasteiger partial charge in [-0.3, -0.25) is 9.64 Å². The fraction of sp³-hybridized carbons (Fsp3) is 1.00. The Morgan fingerprint density at radius 1 is 0.905 bits per heavy atom. The fourth-order valence-corrected chi connectivity index (χ4v) is 4.10. The van der Waals surface area contributed by atoms with Gasteiger partial charge in [0.25, 0.3) is 11.9 Å². The van der Waals surface area contributed by atoms with E-state index in [9.17, 15) is 30.6 Å². The monoisotopic (exact) mass is 305 g/mol. The van der Waals surface area contributed by atoms with Crippen molar-refractivity contribution in [1.82, 2.24) is 4.90 Å². The average Bonchev–Trinajstić information content (AvgIpc) is 2.83. The standard InChI is InChI=1S/C13H23NO7/c15-11(16)4-10(5-12(17,18)21-11)13(19,20)14-6-8-2-1-3-9(8)7-14/h8-10,15-20H,1-7H2/t8-,9+. The van der Waals surface area contributed by atoms with Gasteiger partial charge in [-0.15, -0.1) is 0 Å². The van der Waals surface area contributed by atoms with Gasteiger partial charge in [0, 0.05) is 31.8 Å². The highest BCUT2D eigenvalue weighted by Gasteiger charge is 2.56. The van der Waals surface area contributed by atoms with Crippen LogP contribution in [0.3, 0.4) is 0 Å². The summed E-state index contributed by atoms with van der Waals surface area (Å²) < 4.78 is 4.31. The highest BCUT2D eigenvalue weighted by atomic mass is 16.9. The highest BCUT2D eigenvalue weighted by Crippen LogP contribution is 2.44. The molecule has 0 amide bonds. The first-order valence-corrected chi connectivity index (χ1v) is 7.38. The number of hydrogen-bond donors (Lipinski definition) is 6. The molecule has 2 aliphatic heterocycles. The van der Waals surface area contributed by atoms with Crippen molar-refractivity contribution >= 4 is 0 Å². The van der Waals surface area contributed by atoms with Crippen LogP contribution in [0.15, 0.2) is 0 Å². The number of likely N-dealkylation sites (tertiary alicyclic amines) is 1. The molecule has 0 aromatic carbocycles. The summed E-state index contributed by atoms with van der Waals surface area (Å²) in [6.07, 6.45) is 2.22. The SMILES string of the molecule is OC1(O)CC(C(O)(O)N2C[C@H]3CCC[C@H]3C2)CC(O)(O)O1. The Morgan fingerprint density at radius 3 is 1.86 bits per heavy atom. The summed E-state index contributed by atoms with van der Waals surface area (Å²) in [6.45, 7) is 1.03. The van der Waals surface area contributed by atoms with E-state index in [1.807, 2.05) is 0 Å². The zero-order valence-electron chi connectivity index (χ0n) is 11.7. The zero-order chi connectivity index (χ0) is 15.5. The van der Waals surface area contributed by atoms with Gasteiger partial charge >= 0.3 is 0 Å². The molecule has 0 unspecified atom stereocenters. The summed E-state index contributed by atoms with van der Waals surface area (Å²) in [5.41, 5.74) is 0. The summed E-state index contributed by atoms with van der Waals surface area (Å²) in [5.74, 6) is -8.26. The Kier molecular flexibility index (Phi) is 3.59. The van der Waals surface area contributed by atoms with Crippen molar-refractivity contribution in [2.24, 2.45) is 17.8 Å². The minimum Gasteiger partial charge on any atom is -0.353 e. The van der Waals surface area contributed by atoms with Gasteiger partial charge in [0.1, 0.15) is 0 Å². The molecule has 3 fully saturated rings. The Hall–Kier alpha value is -0.320. The number of fused-ring (bicyclic) bond motifs is 1. The normalized spacial score (nSPS) is 36.9. The first-order valence-electron chi connectivity index (χ1n) is 7.38. The van der Waals surface area contributed by atoms with E-state index >= 15 is 0 Å². The first-order chi connectivity index (χ1) is 9.59. The third kappa shape index (κ3) is 2.95. The largest absolute Gasteiger partial charge is 0.353 e. The van der Waals surface area contributed by atoms with E-state index in [-0.39, 0.29) is 0 Å². The van der Waals surface area contributed by atoms with Crippen LogP contribution in [-0.4, -0.2) is 66.5 Å². The molecule has 0 radical (unpaired) electrons. The summed E-state index contributed by atoms with van der Waals surface area (Å²) in [7, 11) is 0. The lowest BCUT2D eigenvalue weighted by Gasteiger charge is -2.46. The molecule has 0 aromatic heterocycles. The van der Waals surface area contributed by atoms with E-state index in [2.05, 4.69) is 4.74 Å². The second-order valence-electron chi connectivity index (χ2n) is 6.74. The van der Waals surface area contributed by atoms with Crippen LogP contribution in [0.2, 0.25) is 0 Å². The number of nitrogens with zero attached hydrogens (tertiary/aromatic N) is 1. The van der Waals surface area contributed by atoms with Gasteiger partial charge in [0.05, 0.1) is 0 Å². The van der Waals surface area contributed by atoms with Crippen LogP contribution < -0.4 is 0 Å². The molecular formula is C13H23NO7. The second-order valence-corrected chi connectivity index (χ2v) is 6.74. The smallest absolute Gasteiger partial charge is 0.282 e. The lowest BCUT2D eigenvalue weighted by molar-refractivity contribution is -0.508. The Balaban J connectivity index is 1.75.